The lowest BCUT2D eigenvalue weighted by Gasteiger charge is -2.21. The van der Waals surface area contributed by atoms with E-state index < -0.39 is 27.7 Å². The molecule has 0 aliphatic carbocycles. The summed E-state index contributed by atoms with van der Waals surface area (Å²) in [6.07, 6.45) is 1.10. The number of halogens is 1. The molecule has 0 aliphatic rings. The van der Waals surface area contributed by atoms with Crippen molar-refractivity contribution >= 4 is 49.4 Å². The number of furan rings is 1. The Labute approximate surface area is 258 Å². The topological polar surface area (TPSA) is 128 Å². The summed E-state index contributed by atoms with van der Waals surface area (Å²) in [4.78, 5) is 25.3. The summed E-state index contributed by atoms with van der Waals surface area (Å²) in [5.41, 5.74) is 10.5. The Morgan fingerprint density at radius 2 is 1.64 bits per heavy atom. The van der Waals surface area contributed by atoms with E-state index in [1.807, 2.05) is 59.2 Å². The molecule has 0 spiro atoms. The molecular weight excluding hydrogens is 595 g/mol. The lowest BCUT2D eigenvalue weighted by atomic mass is 9.96. The number of sulfonamides is 1. The first-order chi connectivity index (χ1) is 21.5. The number of para-hydroxylation sites is 1. The van der Waals surface area contributed by atoms with Crippen LogP contribution in [0.3, 0.4) is 0 Å². The van der Waals surface area contributed by atoms with Gasteiger partial charge in [-0.2, -0.15) is 0 Å². The number of nitrogens with zero attached hydrogens (tertiary/aromatic N) is 2. The molecule has 0 saturated carbocycles. The van der Waals surface area contributed by atoms with Crippen LogP contribution >= 0.6 is 0 Å². The minimum Gasteiger partial charge on any atom is -0.455 e. The van der Waals surface area contributed by atoms with Gasteiger partial charge in [0.05, 0.1) is 17.5 Å². The molecule has 9 nitrogen and oxygen atoms in total. The third-order valence-corrected chi connectivity index (χ3v) is 8.99. The third-order valence-electron chi connectivity index (χ3n) is 7.80. The Morgan fingerprint density at radius 3 is 2.33 bits per heavy atom. The largest absolute Gasteiger partial charge is 0.455 e. The Bertz CT molecular complexity index is 2240. The van der Waals surface area contributed by atoms with Gasteiger partial charge in [0.15, 0.2) is 0 Å². The van der Waals surface area contributed by atoms with Crippen LogP contribution in [-0.2, 0) is 21.4 Å². The van der Waals surface area contributed by atoms with Gasteiger partial charge in [0.2, 0.25) is 15.9 Å². The molecule has 0 radical (unpaired) electrons. The van der Waals surface area contributed by atoms with Crippen molar-refractivity contribution in [2.24, 2.45) is 5.73 Å². The van der Waals surface area contributed by atoms with Crippen LogP contribution in [0.5, 0.6) is 0 Å². The van der Waals surface area contributed by atoms with Crippen molar-refractivity contribution in [3.8, 4) is 33.7 Å². The van der Waals surface area contributed by atoms with E-state index in [0.717, 1.165) is 32.7 Å². The van der Waals surface area contributed by atoms with Gasteiger partial charge in [-0.25, -0.2) is 12.8 Å². The van der Waals surface area contributed by atoms with Gasteiger partial charge < -0.3 is 20.0 Å². The molecule has 0 bridgehead atoms. The molecule has 3 N–H and O–H groups in total. The van der Waals surface area contributed by atoms with Gasteiger partial charge in [0, 0.05) is 53.3 Å². The van der Waals surface area contributed by atoms with Crippen LogP contribution in [0.4, 0.5) is 10.1 Å². The van der Waals surface area contributed by atoms with Gasteiger partial charge in [-0.3, -0.25) is 13.9 Å². The summed E-state index contributed by atoms with van der Waals surface area (Å²) in [5, 5.41) is 4.02. The Morgan fingerprint density at radius 1 is 0.933 bits per heavy atom. The summed E-state index contributed by atoms with van der Waals surface area (Å²) in [6.45, 7) is -0.0300. The molecule has 0 unspecified atom stereocenters. The maximum absolute atomic E-state index is 13.7. The van der Waals surface area contributed by atoms with Crippen molar-refractivity contribution in [2.45, 2.75) is 6.54 Å². The van der Waals surface area contributed by atoms with Gasteiger partial charge in [0.25, 0.3) is 5.91 Å². The number of hydrogen-bond acceptors (Lipinski definition) is 5. The van der Waals surface area contributed by atoms with Crippen LogP contribution in [-0.4, -0.2) is 45.2 Å². The number of fused-ring (bicyclic) bond motifs is 2. The summed E-state index contributed by atoms with van der Waals surface area (Å²) in [5.74, 6) is -1.13. The predicted octanol–water partition coefficient (Wildman–Crippen LogP) is 5.77. The second kappa shape index (κ2) is 11.3. The van der Waals surface area contributed by atoms with Crippen LogP contribution < -0.4 is 15.4 Å². The summed E-state index contributed by atoms with van der Waals surface area (Å²) in [6, 6.07) is 26.0. The van der Waals surface area contributed by atoms with Gasteiger partial charge in [-0.1, -0.05) is 36.4 Å². The average Bonchev–Trinajstić information content (AvgIpc) is 3.57. The fourth-order valence-electron chi connectivity index (χ4n) is 5.58. The number of rotatable bonds is 8. The number of hydrogen-bond donors (Lipinski definition) is 2. The number of nitrogens with two attached hydrogens (primary N) is 1. The van der Waals surface area contributed by atoms with Gasteiger partial charge in [0.1, 0.15) is 23.7 Å². The van der Waals surface area contributed by atoms with Crippen molar-refractivity contribution < 1.29 is 26.8 Å². The molecule has 0 fully saturated rings. The third kappa shape index (κ3) is 5.42. The number of carbonyl (C=O) groups excluding carboxylic acids is 2. The standard InChI is InChI=1S/C34H29FN4O5S/c1-37-34(41)32-26-17-25(29(38(2)45(3,42)43)18-30(26)44-33(32)20-11-13-24(35)14-12-20)21-8-6-9-22(15-21)28-16-23-7-4-5-10-27(23)39(28)19-31(36)40/h4-18H,19H2,1-3H3,(H2,36,40)(H,37,41). The van der Waals surface area contributed by atoms with Crippen molar-refractivity contribution in [2.75, 3.05) is 24.7 Å². The normalized spacial score (nSPS) is 11.6. The molecule has 2 heterocycles. The molecule has 6 rings (SSSR count). The zero-order valence-corrected chi connectivity index (χ0v) is 25.5. The molecular formula is C34H29FN4O5S. The predicted molar refractivity (Wildman–Crippen MR) is 174 cm³/mol. The number of aromatic nitrogens is 1. The van der Waals surface area contributed by atoms with E-state index in [-0.39, 0.29) is 23.5 Å². The maximum Gasteiger partial charge on any atom is 0.255 e. The fourth-order valence-corrected chi connectivity index (χ4v) is 6.09. The highest BCUT2D eigenvalue weighted by molar-refractivity contribution is 7.92. The van der Waals surface area contributed by atoms with E-state index in [0.29, 0.717) is 27.8 Å². The van der Waals surface area contributed by atoms with Crippen molar-refractivity contribution in [1.29, 1.82) is 0 Å². The fraction of sp³-hybridized carbons (Fsp3) is 0.118. The number of anilines is 1. The number of amides is 2. The van der Waals surface area contributed by atoms with Crippen LogP contribution in [0, 0.1) is 5.82 Å². The minimum absolute atomic E-state index is 0.0300. The van der Waals surface area contributed by atoms with E-state index >= 15 is 0 Å². The minimum atomic E-state index is -3.72. The molecule has 228 valence electrons. The lowest BCUT2D eigenvalue weighted by Crippen LogP contribution is -2.25. The molecule has 2 aromatic heterocycles. The molecule has 0 saturated heterocycles. The summed E-state index contributed by atoms with van der Waals surface area (Å²) < 4.78 is 48.5. The first kappa shape index (κ1) is 29.6. The molecule has 4 aromatic carbocycles. The quantitative estimate of drug-likeness (QED) is 0.222. The van der Waals surface area contributed by atoms with E-state index in [4.69, 9.17) is 10.2 Å². The monoisotopic (exact) mass is 624 g/mol. The zero-order chi connectivity index (χ0) is 32.0. The van der Waals surface area contributed by atoms with Crippen molar-refractivity contribution in [3.05, 3.63) is 102 Å². The van der Waals surface area contributed by atoms with Crippen LogP contribution in [0.25, 0.3) is 55.6 Å². The first-order valence-corrected chi connectivity index (χ1v) is 15.8. The SMILES string of the molecule is CNC(=O)c1c(-c2ccc(F)cc2)oc2cc(N(C)S(C)(=O)=O)c(-c3cccc(-c4cc5ccccc5n4CC(N)=O)c3)cc12. The summed E-state index contributed by atoms with van der Waals surface area (Å²) >= 11 is 0. The molecule has 11 heteroatoms. The number of carbonyl (C=O) groups is 2. The Balaban J connectivity index is 1.62. The number of primary amides is 1. The highest BCUT2D eigenvalue weighted by atomic mass is 32.2. The van der Waals surface area contributed by atoms with E-state index in [1.54, 1.807) is 12.1 Å². The van der Waals surface area contributed by atoms with Gasteiger partial charge >= 0.3 is 0 Å². The Hall–Kier alpha value is -5.42. The number of benzene rings is 4. The van der Waals surface area contributed by atoms with Crippen LogP contribution in [0.2, 0.25) is 0 Å². The zero-order valence-electron chi connectivity index (χ0n) is 24.7. The van der Waals surface area contributed by atoms with Gasteiger partial charge in [-0.15, -0.1) is 0 Å². The number of nitrogens with one attached hydrogen (secondary N) is 1. The summed E-state index contributed by atoms with van der Waals surface area (Å²) in [7, 11) is -0.781. The molecule has 45 heavy (non-hydrogen) atoms. The van der Waals surface area contributed by atoms with E-state index in [9.17, 15) is 22.4 Å². The smallest absolute Gasteiger partial charge is 0.255 e. The average molecular weight is 625 g/mol. The van der Waals surface area contributed by atoms with Crippen molar-refractivity contribution in [3.63, 3.8) is 0 Å². The lowest BCUT2D eigenvalue weighted by molar-refractivity contribution is -0.118. The molecule has 2 amide bonds. The van der Waals surface area contributed by atoms with Gasteiger partial charge in [-0.05, 0) is 59.7 Å². The first-order valence-electron chi connectivity index (χ1n) is 14.0. The van der Waals surface area contributed by atoms with E-state index in [2.05, 4.69) is 5.32 Å². The van der Waals surface area contributed by atoms with Crippen LogP contribution in [0.1, 0.15) is 10.4 Å². The highest BCUT2D eigenvalue weighted by Gasteiger charge is 2.26. The Kier molecular flexibility index (Phi) is 7.41. The second-order valence-electron chi connectivity index (χ2n) is 10.7. The van der Waals surface area contributed by atoms with Crippen LogP contribution in [0.15, 0.2) is 95.4 Å². The molecule has 0 aliphatic heterocycles. The highest BCUT2D eigenvalue weighted by Crippen LogP contribution is 2.42. The molecule has 6 aromatic rings. The maximum atomic E-state index is 13.7. The van der Waals surface area contributed by atoms with Crippen molar-refractivity contribution in [1.82, 2.24) is 9.88 Å². The molecule has 0 atom stereocenters. The van der Waals surface area contributed by atoms with E-state index in [1.165, 1.54) is 38.4 Å². The second-order valence-corrected chi connectivity index (χ2v) is 12.7.